The Balaban J connectivity index is 1.53. The summed E-state index contributed by atoms with van der Waals surface area (Å²) in [6, 6.07) is 9.86. The number of benzene rings is 1. The van der Waals surface area contributed by atoms with E-state index in [-0.39, 0.29) is 12.5 Å². The second-order valence-corrected chi connectivity index (χ2v) is 6.30. The molecule has 1 aliphatic heterocycles. The van der Waals surface area contributed by atoms with Crippen LogP contribution in [0, 0.1) is 0 Å². The van der Waals surface area contributed by atoms with E-state index in [1.807, 2.05) is 30.3 Å². The first kappa shape index (κ1) is 16.1. The average Bonchev–Trinajstić information content (AvgIpc) is 3.11. The van der Waals surface area contributed by atoms with Gasteiger partial charge in [0.05, 0.1) is 6.54 Å². The summed E-state index contributed by atoms with van der Waals surface area (Å²) >= 11 is 0. The lowest BCUT2D eigenvalue weighted by Gasteiger charge is -2.29. The van der Waals surface area contributed by atoms with Crippen molar-refractivity contribution in [1.29, 1.82) is 0 Å². The number of pyridine rings is 1. The molecule has 0 amide bonds. The SMILES string of the molecule is FC(F)CN1CCC(c2nc(-c3nccc4ccccc34)no2)CC1. The zero-order valence-corrected chi connectivity index (χ0v) is 13.6. The molecule has 4 rings (SSSR count). The molecule has 0 atom stereocenters. The van der Waals surface area contributed by atoms with Crippen LogP contribution in [0.3, 0.4) is 0 Å². The van der Waals surface area contributed by atoms with Crippen LogP contribution in [0.25, 0.3) is 22.3 Å². The highest BCUT2D eigenvalue weighted by Crippen LogP contribution is 2.30. The summed E-state index contributed by atoms with van der Waals surface area (Å²) in [4.78, 5) is 10.7. The lowest BCUT2D eigenvalue weighted by atomic mass is 9.97. The van der Waals surface area contributed by atoms with Crippen LogP contribution in [0.2, 0.25) is 0 Å². The van der Waals surface area contributed by atoms with Crippen molar-refractivity contribution >= 4 is 10.8 Å². The number of alkyl halides is 2. The van der Waals surface area contributed by atoms with Gasteiger partial charge in [0.15, 0.2) is 0 Å². The van der Waals surface area contributed by atoms with Crippen LogP contribution in [-0.4, -0.2) is 46.1 Å². The van der Waals surface area contributed by atoms with E-state index in [0.29, 0.717) is 30.5 Å². The van der Waals surface area contributed by atoms with Crippen LogP contribution >= 0.6 is 0 Å². The third-order valence-electron chi connectivity index (χ3n) is 4.66. The third kappa shape index (κ3) is 3.37. The van der Waals surface area contributed by atoms with Gasteiger partial charge in [-0.1, -0.05) is 29.4 Å². The third-order valence-corrected chi connectivity index (χ3v) is 4.66. The molecule has 0 aliphatic carbocycles. The molecule has 1 aliphatic rings. The van der Waals surface area contributed by atoms with Gasteiger partial charge in [-0.2, -0.15) is 4.98 Å². The van der Waals surface area contributed by atoms with Gasteiger partial charge < -0.3 is 4.52 Å². The Kier molecular flexibility index (Phi) is 4.40. The van der Waals surface area contributed by atoms with Gasteiger partial charge in [-0.15, -0.1) is 0 Å². The minimum Gasteiger partial charge on any atom is -0.339 e. The first-order valence-electron chi connectivity index (χ1n) is 8.39. The van der Waals surface area contributed by atoms with Gasteiger partial charge >= 0.3 is 0 Å². The van der Waals surface area contributed by atoms with E-state index in [0.717, 1.165) is 23.6 Å². The second kappa shape index (κ2) is 6.84. The van der Waals surface area contributed by atoms with E-state index in [2.05, 4.69) is 15.1 Å². The fraction of sp³-hybridized carbons (Fsp3) is 0.389. The van der Waals surface area contributed by atoms with Crippen LogP contribution in [0.1, 0.15) is 24.7 Å². The van der Waals surface area contributed by atoms with Crippen LogP contribution in [0.4, 0.5) is 8.78 Å². The summed E-state index contributed by atoms with van der Waals surface area (Å²) < 4.78 is 30.4. The number of hydrogen-bond acceptors (Lipinski definition) is 5. The highest BCUT2D eigenvalue weighted by molar-refractivity contribution is 5.92. The number of likely N-dealkylation sites (tertiary alicyclic amines) is 1. The fourth-order valence-corrected chi connectivity index (χ4v) is 3.35. The maximum absolute atomic E-state index is 12.5. The molecule has 5 nitrogen and oxygen atoms in total. The lowest BCUT2D eigenvalue weighted by molar-refractivity contribution is 0.0731. The summed E-state index contributed by atoms with van der Waals surface area (Å²) in [6.45, 7) is 1.08. The summed E-state index contributed by atoms with van der Waals surface area (Å²) in [5.74, 6) is 1.16. The predicted octanol–water partition coefficient (Wildman–Crippen LogP) is 3.73. The van der Waals surface area contributed by atoms with Crippen molar-refractivity contribution in [3.63, 3.8) is 0 Å². The average molecular weight is 344 g/mol. The smallest absolute Gasteiger partial charge is 0.251 e. The minimum atomic E-state index is -2.29. The molecule has 3 heterocycles. The molecule has 1 fully saturated rings. The van der Waals surface area contributed by atoms with Crippen molar-refractivity contribution in [1.82, 2.24) is 20.0 Å². The number of halogens is 2. The molecule has 130 valence electrons. The zero-order valence-electron chi connectivity index (χ0n) is 13.6. The van der Waals surface area contributed by atoms with Crippen LogP contribution in [0.5, 0.6) is 0 Å². The Hall–Kier alpha value is -2.41. The van der Waals surface area contributed by atoms with Gasteiger partial charge in [0, 0.05) is 17.5 Å². The molecule has 0 N–H and O–H groups in total. The molecule has 1 aromatic carbocycles. The van der Waals surface area contributed by atoms with Crippen molar-refractivity contribution in [2.75, 3.05) is 19.6 Å². The highest BCUT2D eigenvalue weighted by atomic mass is 19.3. The Bertz CT molecular complexity index is 854. The number of piperidine rings is 1. The van der Waals surface area contributed by atoms with Crippen molar-refractivity contribution in [2.24, 2.45) is 0 Å². The molecule has 0 bridgehead atoms. The molecule has 3 aromatic rings. The maximum Gasteiger partial charge on any atom is 0.251 e. The van der Waals surface area contributed by atoms with Gasteiger partial charge in [-0.25, -0.2) is 8.78 Å². The molecule has 0 radical (unpaired) electrons. The van der Waals surface area contributed by atoms with E-state index in [4.69, 9.17) is 4.52 Å². The van der Waals surface area contributed by atoms with Gasteiger partial charge in [-0.05, 0) is 37.4 Å². The van der Waals surface area contributed by atoms with Crippen LogP contribution in [-0.2, 0) is 0 Å². The van der Waals surface area contributed by atoms with E-state index in [9.17, 15) is 8.78 Å². The molecule has 2 aromatic heterocycles. The van der Waals surface area contributed by atoms with E-state index < -0.39 is 6.43 Å². The summed E-state index contributed by atoms with van der Waals surface area (Å²) in [7, 11) is 0. The minimum absolute atomic E-state index is 0.116. The Morgan fingerprint density at radius 2 is 1.96 bits per heavy atom. The largest absolute Gasteiger partial charge is 0.339 e. The Labute approximate surface area is 143 Å². The predicted molar refractivity (Wildman–Crippen MR) is 89.5 cm³/mol. The number of rotatable bonds is 4. The maximum atomic E-state index is 12.5. The summed E-state index contributed by atoms with van der Waals surface area (Å²) in [5, 5.41) is 6.14. The lowest BCUT2D eigenvalue weighted by Crippen LogP contribution is -2.36. The van der Waals surface area contributed by atoms with Crippen LogP contribution < -0.4 is 0 Å². The van der Waals surface area contributed by atoms with Gasteiger partial charge in [-0.3, -0.25) is 9.88 Å². The molecule has 0 saturated carbocycles. The van der Waals surface area contributed by atoms with Gasteiger partial charge in [0.2, 0.25) is 11.7 Å². The van der Waals surface area contributed by atoms with E-state index in [1.165, 1.54) is 0 Å². The summed E-state index contributed by atoms with van der Waals surface area (Å²) in [5.41, 5.74) is 0.697. The molecule has 25 heavy (non-hydrogen) atoms. The number of hydrogen-bond donors (Lipinski definition) is 0. The normalized spacial score (nSPS) is 16.8. The van der Waals surface area contributed by atoms with Crippen molar-refractivity contribution in [3.05, 3.63) is 42.4 Å². The molecule has 0 unspecified atom stereocenters. The fourth-order valence-electron chi connectivity index (χ4n) is 3.35. The van der Waals surface area contributed by atoms with Gasteiger partial charge in [0.25, 0.3) is 6.43 Å². The topological polar surface area (TPSA) is 55.1 Å². The Morgan fingerprint density at radius 3 is 2.76 bits per heavy atom. The monoisotopic (exact) mass is 344 g/mol. The molecular weight excluding hydrogens is 326 g/mol. The Morgan fingerprint density at radius 1 is 1.16 bits per heavy atom. The first-order chi connectivity index (χ1) is 12.2. The van der Waals surface area contributed by atoms with Gasteiger partial charge in [0.1, 0.15) is 5.69 Å². The molecule has 1 saturated heterocycles. The number of fused-ring (bicyclic) bond motifs is 1. The standard InChI is InChI=1S/C18H18F2N4O/c19-15(20)11-24-9-6-13(7-10-24)18-22-17(23-25-18)16-14-4-2-1-3-12(14)5-8-21-16/h1-5,8,13,15H,6-7,9-11H2. The van der Waals surface area contributed by atoms with Crippen molar-refractivity contribution in [3.8, 4) is 11.5 Å². The molecule has 0 spiro atoms. The van der Waals surface area contributed by atoms with Crippen LogP contribution in [0.15, 0.2) is 41.1 Å². The molecule has 7 heteroatoms. The molecular formula is C18H18F2N4O. The van der Waals surface area contributed by atoms with E-state index in [1.54, 1.807) is 11.1 Å². The highest BCUT2D eigenvalue weighted by Gasteiger charge is 2.27. The number of nitrogens with zero attached hydrogens (tertiary/aromatic N) is 4. The van der Waals surface area contributed by atoms with Crippen molar-refractivity contribution in [2.45, 2.75) is 25.2 Å². The first-order valence-corrected chi connectivity index (χ1v) is 8.39. The summed E-state index contributed by atoms with van der Waals surface area (Å²) in [6.07, 6.45) is 0.939. The quantitative estimate of drug-likeness (QED) is 0.722. The van der Waals surface area contributed by atoms with Crippen molar-refractivity contribution < 1.29 is 13.3 Å². The zero-order chi connectivity index (χ0) is 17.2. The van der Waals surface area contributed by atoms with E-state index >= 15 is 0 Å². The second-order valence-electron chi connectivity index (χ2n) is 6.30. The number of aromatic nitrogens is 3.